The fraction of sp³-hybridized carbons (Fsp3) is 1.00. The predicted molar refractivity (Wildman–Crippen MR) is 33.5 cm³/mol. The first-order valence-corrected chi connectivity index (χ1v) is 4.05. The van der Waals surface area contributed by atoms with Gasteiger partial charge in [0, 0.05) is 6.16 Å². The van der Waals surface area contributed by atoms with Gasteiger partial charge in [0.2, 0.25) is 0 Å². The lowest BCUT2D eigenvalue weighted by Crippen LogP contribution is -1.73. The molecule has 0 aromatic rings. The van der Waals surface area contributed by atoms with E-state index < -0.39 is 8.03 Å². The Morgan fingerprint density at radius 1 is 1.62 bits per heavy atom. The maximum absolute atomic E-state index is 9.94. The van der Waals surface area contributed by atoms with Crippen LogP contribution in [-0.4, -0.2) is 11.1 Å². The molecule has 52 valence electrons. The number of rotatable bonds is 3. The predicted octanol–water partition coefficient (Wildman–Crippen LogP) is 1.41. The van der Waals surface area contributed by atoms with E-state index in [-0.39, 0.29) is 4.70 Å². The van der Waals surface area contributed by atoms with E-state index in [0.29, 0.717) is 6.16 Å². The molecule has 0 aromatic heterocycles. The van der Waals surface area contributed by atoms with Crippen LogP contribution < -0.4 is 0 Å². The van der Waals surface area contributed by atoms with Crippen molar-refractivity contribution in [1.82, 2.24) is 0 Å². The van der Waals surface area contributed by atoms with E-state index >= 15 is 0 Å². The lowest BCUT2D eigenvalue weighted by molar-refractivity contribution is 0.501. The van der Waals surface area contributed by atoms with Crippen LogP contribution >= 0.6 is 8.03 Å². The molecule has 0 aliphatic rings. The average molecular weight is 142 g/mol. The van der Waals surface area contributed by atoms with Crippen molar-refractivity contribution in [1.29, 1.82) is 0 Å². The Labute approximate surface area is 49.1 Å². The molecular formula is C4H12FO2P. The maximum Gasteiger partial charge on any atom is 0.189 e. The second kappa shape index (κ2) is 7.12. The molecule has 2 nitrogen and oxygen atoms in total. The molecular weight excluding hydrogens is 130 g/mol. The number of halogens is 1. The van der Waals surface area contributed by atoms with Crippen LogP contribution in [0.5, 0.6) is 0 Å². The van der Waals surface area contributed by atoms with Gasteiger partial charge in [0.25, 0.3) is 0 Å². The minimum Gasteiger partial charge on any atom is -0.346 e. The number of hydrogen-bond donors (Lipinski definition) is 1. The van der Waals surface area contributed by atoms with Crippen molar-refractivity contribution < 1.29 is 14.2 Å². The molecule has 0 aliphatic carbocycles. The summed E-state index contributed by atoms with van der Waals surface area (Å²) in [5.74, 6) is 0. The largest absolute Gasteiger partial charge is 0.346 e. The van der Waals surface area contributed by atoms with Gasteiger partial charge in [-0.05, 0) is 6.42 Å². The Balaban J connectivity index is 0. The van der Waals surface area contributed by atoms with Gasteiger partial charge in [-0.15, -0.1) is 0 Å². The molecule has 0 saturated carbocycles. The Kier molecular flexibility index (Phi) is 9.78. The smallest absolute Gasteiger partial charge is 0.189 e. The molecule has 0 amide bonds. The summed E-state index contributed by atoms with van der Waals surface area (Å²) < 4.78 is 9.94. The van der Waals surface area contributed by atoms with E-state index in [2.05, 4.69) is 0 Å². The summed E-state index contributed by atoms with van der Waals surface area (Å²) in [5.41, 5.74) is 0. The highest BCUT2D eigenvalue weighted by atomic mass is 31.1. The third-order valence-electron chi connectivity index (χ3n) is 0.744. The molecule has 0 fully saturated rings. The molecule has 1 atom stereocenters. The van der Waals surface area contributed by atoms with Gasteiger partial charge in [-0.3, -0.25) is 9.27 Å². The van der Waals surface area contributed by atoms with Gasteiger partial charge in [-0.1, -0.05) is 13.3 Å². The number of hydrogen-bond acceptors (Lipinski definition) is 1. The molecule has 0 heterocycles. The highest BCUT2D eigenvalue weighted by molar-refractivity contribution is 7.37. The van der Waals surface area contributed by atoms with Crippen LogP contribution in [-0.2, 0) is 4.57 Å². The van der Waals surface area contributed by atoms with Crippen LogP contribution in [0, 0.1) is 0 Å². The van der Waals surface area contributed by atoms with Crippen molar-refractivity contribution in [3.05, 3.63) is 0 Å². The average Bonchev–Trinajstić information content (AvgIpc) is 1.61. The summed E-state index contributed by atoms with van der Waals surface area (Å²) in [6.45, 7) is 2.00. The zero-order valence-electron chi connectivity index (χ0n) is 4.89. The van der Waals surface area contributed by atoms with E-state index in [9.17, 15) is 4.57 Å². The molecule has 0 aromatic carbocycles. The third-order valence-corrected chi connectivity index (χ3v) is 1.53. The summed E-state index contributed by atoms with van der Waals surface area (Å²) in [6, 6.07) is 0. The number of unbranched alkanes of at least 4 members (excludes halogenated alkanes) is 1. The van der Waals surface area contributed by atoms with Crippen molar-refractivity contribution in [2.45, 2.75) is 19.8 Å². The van der Waals surface area contributed by atoms with Gasteiger partial charge in [-0.25, -0.2) is 0 Å². The minimum absolute atomic E-state index is 0. The van der Waals surface area contributed by atoms with E-state index in [1.807, 2.05) is 6.92 Å². The summed E-state index contributed by atoms with van der Waals surface area (Å²) in [4.78, 5) is 8.23. The summed E-state index contributed by atoms with van der Waals surface area (Å²) in [7, 11) is -2.15. The fourth-order valence-electron chi connectivity index (χ4n) is 0.328. The van der Waals surface area contributed by atoms with Gasteiger partial charge in [0.1, 0.15) is 0 Å². The summed E-state index contributed by atoms with van der Waals surface area (Å²) in [5, 5.41) is 0. The molecule has 0 bridgehead atoms. The third kappa shape index (κ3) is 9.45. The normalized spacial score (nSPS) is 12.2. The van der Waals surface area contributed by atoms with Gasteiger partial charge < -0.3 is 4.89 Å². The first kappa shape index (κ1) is 11.0. The van der Waals surface area contributed by atoms with E-state index in [1.165, 1.54) is 0 Å². The molecule has 1 unspecified atom stereocenters. The molecule has 8 heavy (non-hydrogen) atoms. The maximum atomic E-state index is 9.94. The van der Waals surface area contributed by atoms with E-state index in [1.54, 1.807) is 0 Å². The molecule has 1 N–H and O–H groups in total. The standard InChI is InChI=1S/C4H11O2P.FH/c1-2-3-4-7(5)6;/h7H,2-4H2,1H3,(H,5,6);1H. The quantitative estimate of drug-likeness (QED) is 0.605. The van der Waals surface area contributed by atoms with Crippen LogP contribution in [0.3, 0.4) is 0 Å². The van der Waals surface area contributed by atoms with Gasteiger partial charge >= 0.3 is 0 Å². The molecule has 0 aliphatic heterocycles. The second-order valence-corrected chi connectivity index (χ2v) is 2.78. The highest BCUT2D eigenvalue weighted by Crippen LogP contribution is 2.13. The second-order valence-electron chi connectivity index (χ2n) is 1.50. The Bertz CT molecular complexity index is 67.1. The van der Waals surface area contributed by atoms with E-state index in [0.717, 1.165) is 12.8 Å². The summed E-state index contributed by atoms with van der Waals surface area (Å²) in [6.07, 6.45) is 2.40. The monoisotopic (exact) mass is 142 g/mol. The topological polar surface area (TPSA) is 37.3 Å². The molecule has 4 heteroatoms. The van der Waals surface area contributed by atoms with Crippen molar-refractivity contribution in [2.75, 3.05) is 6.16 Å². The van der Waals surface area contributed by atoms with Crippen molar-refractivity contribution in [3.8, 4) is 0 Å². The Morgan fingerprint density at radius 2 is 2.12 bits per heavy atom. The van der Waals surface area contributed by atoms with Crippen LogP contribution in [0.4, 0.5) is 4.70 Å². The van der Waals surface area contributed by atoms with Crippen molar-refractivity contribution >= 4 is 8.03 Å². The van der Waals surface area contributed by atoms with Gasteiger partial charge in [-0.2, -0.15) is 0 Å². The van der Waals surface area contributed by atoms with Crippen LogP contribution in [0.25, 0.3) is 0 Å². The van der Waals surface area contributed by atoms with Crippen molar-refractivity contribution in [3.63, 3.8) is 0 Å². The zero-order chi connectivity index (χ0) is 5.70. The zero-order valence-corrected chi connectivity index (χ0v) is 5.89. The Morgan fingerprint density at radius 3 is 2.25 bits per heavy atom. The first-order chi connectivity index (χ1) is 3.27. The molecule has 0 radical (unpaired) electrons. The minimum atomic E-state index is -2.15. The first-order valence-electron chi connectivity index (χ1n) is 2.49. The highest BCUT2D eigenvalue weighted by Gasteiger charge is 1.87. The summed E-state index contributed by atoms with van der Waals surface area (Å²) >= 11 is 0. The fourth-order valence-corrected chi connectivity index (χ4v) is 0.984. The molecule has 0 spiro atoms. The van der Waals surface area contributed by atoms with Crippen LogP contribution in [0.2, 0.25) is 0 Å². The van der Waals surface area contributed by atoms with E-state index in [4.69, 9.17) is 4.89 Å². The lowest BCUT2D eigenvalue weighted by Gasteiger charge is -1.87. The van der Waals surface area contributed by atoms with Crippen LogP contribution in [0.1, 0.15) is 19.8 Å². The van der Waals surface area contributed by atoms with Gasteiger partial charge in [0.05, 0.1) is 0 Å². The molecule has 0 saturated heterocycles. The van der Waals surface area contributed by atoms with Crippen molar-refractivity contribution in [2.24, 2.45) is 0 Å². The SMILES string of the molecule is CCCC[PH](=O)O.F. The van der Waals surface area contributed by atoms with Gasteiger partial charge in [0.15, 0.2) is 8.03 Å². The Hall–Kier alpha value is 0.120. The molecule has 0 rings (SSSR count). The van der Waals surface area contributed by atoms with Crippen LogP contribution in [0.15, 0.2) is 0 Å². The lowest BCUT2D eigenvalue weighted by atomic mass is 10.4.